The Bertz CT molecular complexity index is 762. The molecule has 6 nitrogen and oxygen atoms in total. The summed E-state index contributed by atoms with van der Waals surface area (Å²) in [5, 5.41) is 8.88. The van der Waals surface area contributed by atoms with Crippen LogP contribution in [0.25, 0.3) is 0 Å². The van der Waals surface area contributed by atoms with Crippen molar-refractivity contribution in [1.82, 2.24) is 4.98 Å². The lowest BCUT2D eigenvalue weighted by Crippen LogP contribution is -2.14. The number of hydrogen-bond acceptors (Lipinski definition) is 4. The molecule has 0 amide bonds. The standard InChI is InChI=1S/C12H9ClN2O4S/c13-9-3-1-2-4-11(9)20(18,19)15-8-5-6-14-10(7-8)12(16)17/h1-7H,(H,14,15)(H,16,17). The summed E-state index contributed by atoms with van der Waals surface area (Å²) in [6, 6.07) is 8.42. The monoisotopic (exact) mass is 312 g/mol. The van der Waals surface area contributed by atoms with Gasteiger partial charge in [-0.1, -0.05) is 23.7 Å². The van der Waals surface area contributed by atoms with Gasteiger partial charge in [0.25, 0.3) is 10.0 Å². The number of benzene rings is 1. The Hall–Kier alpha value is -2.12. The molecule has 1 aromatic heterocycles. The maximum absolute atomic E-state index is 12.1. The van der Waals surface area contributed by atoms with Gasteiger partial charge >= 0.3 is 5.97 Å². The van der Waals surface area contributed by atoms with Crippen molar-refractivity contribution in [3.05, 3.63) is 53.3 Å². The number of aromatic nitrogens is 1. The second-order valence-corrected chi connectivity index (χ2v) is 5.83. The number of carboxylic acid groups (broad SMARTS) is 1. The fourth-order valence-corrected chi connectivity index (χ4v) is 3.05. The summed E-state index contributed by atoms with van der Waals surface area (Å²) in [6.07, 6.45) is 1.20. The molecule has 0 saturated heterocycles. The first-order valence-electron chi connectivity index (χ1n) is 5.37. The summed E-state index contributed by atoms with van der Waals surface area (Å²) < 4.78 is 26.5. The molecule has 0 aliphatic heterocycles. The van der Waals surface area contributed by atoms with E-state index in [0.717, 1.165) is 6.07 Å². The predicted octanol–water partition coefficient (Wildman–Crippen LogP) is 2.23. The second-order valence-electron chi connectivity index (χ2n) is 3.77. The molecule has 2 N–H and O–H groups in total. The summed E-state index contributed by atoms with van der Waals surface area (Å²) in [5.74, 6) is -1.25. The second kappa shape index (κ2) is 5.48. The van der Waals surface area contributed by atoms with Crippen LogP contribution < -0.4 is 4.72 Å². The van der Waals surface area contributed by atoms with E-state index in [1.807, 2.05) is 0 Å². The van der Waals surface area contributed by atoms with Gasteiger partial charge in [-0.15, -0.1) is 0 Å². The summed E-state index contributed by atoms with van der Waals surface area (Å²) in [6.45, 7) is 0. The normalized spacial score (nSPS) is 11.1. The third-order valence-electron chi connectivity index (χ3n) is 2.36. The van der Waals surface area contributed by atoms with Crippen molar-refractivity contribution in [3.8, 4) is 0 Å². The van der Waals surface area contributed by atoms with E-state index >= 15 is 0 Å². The van der Waals surface area contributed by atoms with Crippen LogP contribution in [0.5, 0.6) is 0 Å². The van der Waals surface area contributed by atoms with Gasteiger partial charge in [-0.2, -0.15) is 0 Å². The van der Waals surface area contributed by atoms with Gasteiger partial charge in [0.2, 0.25) is 0 Å². The minimum atomic E-state index is -3.89. The Kier molecular flexibility index (Phi) is 3.91. The Morgan fingerprint density at radius 2 is 1.95 bits per heavy atom. The van der Waals surface area contributed by atoms with E-state index in [-0.39, 0.29) is 21.3 Å². The summed E-state index contributed by atoms with van der Waals surface area (Å²) in [7, 11) is -3.89. The van der Waals surface area contributed by atoms with E-state index in [0.29, 0.717) is 0 Å². The molecule has 0 aliphatic rings. The number of rotatable bonds is 4. The number of carbonyl (C=O) groups is 1. The van der Waals surface area contributed by atoms with Crippen molar-refractivity contribution in [2.45, 2.75) is 4.90 Å². The summed E-state index contributed by atoms with van der Waals surface area (Å²) in [4.78, 5) is 14.3. The fraction of sp³-hybridized carbons (Fsp3) is 0. The van der Waals surface area contributed by atoms with Crippen LogP contribution in [0.1, 0.15) is 10.5 Å². The molecule has 2 rings (SSSR count). The van der Waals surface area contributed by atoms with Crippen molar-refractivity contribution in [1.29, 1.82) is 0 Å². The van der Waals surface area contributed by atoms with Gasteiger partial charge in [-0.25, -0.2) is 18.2 Å². The van der Waals surface area contributed by atoms with E-state index in [9.17, 15) is 13.2 Å². The van der Waals surface area contributed by atoms with Crippen LogP contribution in [0, 0.1) is 0 Å². The highest BCUT2D eigenvalue weighted by atomic mass is 35.5. The molecule has 1 heterocycles. The van der Waals surface area contributed by atoms with Crippen molar-refractivity contribution >= 4 is 33.3 Å². The number of nitrogens with zero attached hydrogens (tertiary/aromatic N) is 1. The van der Waals surface area contributed by atoms with Crippen molar-refractivity contribution in [2.75, 3.05) is 4.72 Å². The molecule has 20 heavy (non-hydrogen) atoms. The number of nitrogens with one attached hydrogen (secondary N) is 1. The van der Waals surface area contributed by atoms with E-state index in [2.05, 4.69) is 9.71 Å². The number of aromatic carboxylic acids is 1. The fourth-order valence-electron chi connectivity index (χ4n) is 1.48. The lowest BCUT2D eigenvalue weighted by Gasteiger charge is -2.09. The predicted molar refractivity (Wildman–Crippen MR) is 73.5 cm³/mol. The van der Waals surface area contributed by atoms with Crippen LogP contribution in [0.4, 0.5) is 5.69 Å². The first kappa shape index (κ1) is 14.3. The smallest absolute Gasteiger partial charge is 0.354 e. The number of sulfonamides is 1. The Morgan fingerprint density at radius 1 is 1.25 bits per heavy atom. The molecule has 0 saturated carbocycles. The Morgan fingerprint density at radius 3 is 2.60 bits per heavy atom. The first-order chi connectivity index (χ1) is 9.40. The molecule has 104 valence electrons. The van der Waals surface area contributed by atoms with Crippen LogP contribution in [-0.2, 0) is 10.0 Å². The third kappa shape index (κ3) is 3.06. The quantitative estimate of drug-likeness (QED) is 0.902. The summed E-state index contributed by atoms with van der Waals surface area (Å²) in [5.41, 5.74) is -0.165. The number of halogens is 1. The van der Waals surface area contributed by atoms with Crippen LogP contribution >= 0.6 is 11.6 Å². The van der Waals surface area contributed by atoms with Gasteiger partial charge in [-0.3, -0.25) is 4.72 Å². The molecular weight excluding hydrogens is 304 g/mol. The topological polar surface area (TPSA) is 96.4 Å². The van der Waals surface area contributed by atoms with E-state index in [4.69, 9.17) is 16.7 Å². The lowest BCUT2D eigenvalue weighted by atomic mass is 10.3. The van der Waals surface area contributed by atoms with E-state index in [1.54, 1.807) is 6.07 Å². The van der Waals surface area contributed by atoms with Gasteiger partial charge in [0.15, 0.2) is 0 Å². The molecule has 0 aliphatic carbocycles. The number of pyridine rings is 1. The van der Waals surface area contributed by atoms with Crippen molar-refractivity contribution in [3.63, 3.8) is 0 Å². The van der Waals surface area contributed by atoms with E-state index < -0.39 is 16.0 Å². The molecule has 0 spiro atoms. The zero-order valence-electron chi connectivity index (χ0n) is 9.95. The van der Waals surface area contributed by atoms with Gasteiger partial charge in [0.05, 0.1) is 10.7 Å². The highest BCUT2D eigenvalue weighted by Gasteiger charge is 2.18. The highest BCUT2D eigenvalue weighted by Crippen LogP contribution is 2.23. The molecule has 8 heteroatoms. The minimum Gasteiger partial charge on any atom is -0.477 e. The molecule has 0 radical (unpaired) electrons. The van der Waals surface area contributed by atoms with Crippen LogP contribution in [0.3, 0.4) is 0 Å². The van der Waals surface area contributed by atoms with Gasteiger partial charge < -0.3 is 5.11 Å². The maximum Gasteiger partial charge on any atom is 0.354 e. The Labute approximate surface area is 120 Å². The zero-order chi connectivity index (χ0) is 14.8. The first-order valence-corrected chi connectivity index (χ1v) is 7.23. The minimum absolute atomic E-state index is 0.0764. The SMILES string of the molecule is O=C(O)c1cc(NS(=O)(=O)c2ccccc2Cl)ccn1. The maximum atomic E-state index is 12.1. The van der Waals surface area contributed by atoms with Crippen LogP contribution in [-0.4, -0.2) is 24.5 Å². The highest BCUT2D eigenvalue weighted by molar-refractivity contribution is 7.92. The molecule has 0 atom stereocenters. The van der Waals surface area contributed by atoms with E-state index in [1.165, 1.54) is 30.5 Å². The van der Waals surface area contributed by atoms with Gasteiger partial charge in [0.1, 0.15) is 10.6 Å². The molecular formula is C12H9ClN2O4S. The van der Waals surface area contributed by atoms with Crippen molar-refractivity contribution < 1.29 is 18.3 Å². The number of carboxylic acids is 1. The van der Waals surface area contributed by atoms with Gasteiger partial charge in [-0.05, 0) is 24.3 Å². The Balaban J connectivity index is 2.36. The zero-order valence-corrected chi connectivity index (χ0v) is 11.5. The third-order valence-corrected chi connectivity index (χ3v) is 4.24. The largest absolute Gasteiger partial charge is 0.477 e. The van der Waals surface area contributed by atoms with Crippen LogP contribution in [0.15, 0.2) is 47.5 Å². The average Bonchev–Trinajstić information content (AvgIpc) is 2.38. The van der Waals surface area contributed by atoms with Crippen LogP contribution in [0.2, 0.25) is 5.02 Å². The number of anilines is 1. The molecule has 2 aromatic rings. The van der Waals surface area contributed by atoms with Crippen molar-refractivity contribution in [2.24, 2.45) is 0 Å². The number of hydrogen-bond donors (Lipinski definition) is 2. The molecule has 0 unspecified atom stereocenters. The molecule has 0 bridgehead atoms. The molecule has 0 fully saturated rings. The lowest BCUT2D eigenvalue weighted by molar-refractivity contribution is 0.0690. The average molecular weight is 313 g/mol. The summed E-state index contributed by atoms with van der Waals surface area (Å²) >= 11 is 5.83. The van der Waals surface area contributed by atoms with Gasteiger partial charge in [0, 0.05) is 6.20 Å². The molecule has 1 aromatic carbocycles.